The number of likely N-dealkylation sites (tertiary alicyclic amines) is 1. The maximum atomic E-state index is 12.4. The van der Waals surface area contributed by atoms with Gasteiger partial charge in [0, 0.05) is 13.2 Å². The van der Waals surface area contributed by atoms with E-state index in [0.717, 1.165) is 37.1 Å². The fraction of sp³-hybridized carbons (Fsp3) is 0.533. The van der Waals surface area contributed by atoms with Crippen LogP contribution in [-0.2, 0) is 16.0 Å². The van der Waals surface area contributed by atoms with Crippen molar-refractivity contribution in [1.82, 2.24) is 4.90 Å². The minimum Gasteiger partial charge on any atom is -0.397 e. The van der Waals surface area contributed by atoms with Crippen LogP contribution in [0.25, 0.3) is 0 Å². The molecule has 1 aromatic rings. The van der Waals surface area contributed by atoms with E-state index in [1.807, 2.05) is 18.2 Å². The monoisotopic (exact) mass is 275 g/mol. The molecular weight excluding hydrogens is 254 g/mol. The fourth-order valence-corrected chi connectivity index (χ4v) is 3.36. The molecule has 1 unspecified atom stereocenters. The fourth-order valence-electron chi connectivity index (χ4n) is 3.36. The number of nitrogens with two attached hydrogens (primary N) is 1. The molecule has 20 heavy (non-hydrogen) atoms. The van der Waals surface area contributed by atoms with Crippen molar-refractivity contribution in [1.29, 1.82) is 0 Å². The molecule has 0 radical (unpaired) electrons. The maximum absolute atomic E-state index is 12.4. The summed E-state index contributed by atoms with van der Waals surface area (Å²) in [5.74, 6) is 0.0541. The minimum absolute atomic E-state index is 0.0541. The summed E-state index contributed by atoms with van der Waals surface area (Å²) in [6, 6.07) is 6.05. The molecule has 1 amide bonds. The van der Waals surface area contributed by atoms with Gasteiger partial charge in [0.25, 0.3) is 0 Å². The molecule has 0 saturated carbocycles. The number of ether oxygens (including phenoxy) is 1. The summed E-state index contributed by atoms with van der Waals surface area (Å²) in [5, 5.41) is 2.97. The van der Waals surface area contributed by atoms with Gasteiger partial charge < -0.3 is 15.8 Å². The van der Waals surface area contributed by atoms with Crippen molar-refractivity contribution in [2.45, 2.75) is 31.3 Å². The van der Waals surface area contributed by atoms with Gasteiger partial charge in [0.2, 0.25) is 5.91 Å². The molecule has 0 aromatic heterocycles. The maximum Gasteiger partial charge on any atom is 0.242 e. The number of amides is 1. The predicted molar refractivity (Wildman–Crippen MR) is 78.6 cm³/mol. The lowest BCUT2D eigenvalue weighted by atomic mass is 9.96. The highest BCUT2D eigenvalue weighted by Gasteiger charge is 2.37. The highest BCUT2D eigenvalue weighted by Crippen LogP contribution is 2.32. The Kier molecular flexibility index (Phi) is 3.63. The number of hydrogen-bond donors (Lipinski definition) is 2. The van der Waals surface area contributed by atoms with Crippen molar-refractivity contribution in [3.63, 3.8) is 0 Å². The highest BCUT2D eigenvalue weighted by molar-refractivity contribution is 6.00. The van der Waals surface area contributed by atoms with Gasteiger partial charge >= 0.3 is 0 Å². The second-order valence-corrected chi connectivity index (χ2v) is 5.58. The zero-order chi connectivity index (χ0) is 14.1. The third kappa shape index (κ3) is 2.27. The molecule has 2 aliphatic heterocycles. The largest absolute Gasteiger partial charge is 0.397 e. The quantitative estimate of drug-likeness (QED) is 0.815. The van der Waals surface area contributed by atoms with Gasteiger partial charge in [0.1, 0.15) is 0 Å². The second-order valence-electron chi connectivity index (χ2n) is 5.58. The number of fused-ring (bicyclic) bond motifs is 1. The number of nitrogen functional groups attached to an aromatic ring is 1. The summed E-state index contributed by atoms with van der Waals surface area (Å²) in [5.41, 5.74) is 8.48. The number of nitrogens with one attached hydrogen (secondary N) is 1. The zero-order valence-electron chi connectivity index (χ0n) is 11.8. The van der Waals surface area contributed by atoms with Crippen LogP contribution in [0.3, 0.4) is 0 Å². The minimum atomic E-state index is -0.105. The van der Waals surface area contributed by atoms with Gasteiger partial charge in [0.05, 0.1) is 24.0 Å². The van der Waals surface area contributed by atoms with E-state index in [1.165, 1.54) is 0 Å². The van der Waals surface area contributed by atoms with Crippen LogP contribution in [0.5, 0.6) is 0 Å². The van der Waals surface area contributed by atoms with Gasteiger partial charge in [-0.25, -0.2) is 0 Å². The number of carbonyl (C=O) groups excluding carboxylic acids is 1. The second kappa shape index (κ2) is 5.42. The van der Waals surface area contributed by atoms with Crippen LogP contribution in [0.1, 0.15) is 18.4 Å². The standard InChI is InChI=1S/C15H21N3O2/c1-20-9-11-5-3-7-18(11)13-8-10-4-2-6-12(16)14(10)17-15(13)19/h2,4,6,11,13H,3,5,7-9,16H2,1H3,(H,17,19)/t11-,13?/m0/s1. The van der Waals surface area contributed by atoms with Crippen molar-refractivity contribution in [2.24, 2.45) is 0 Å². The molecule has 5 nitrogen and oxygen atoms in total. The molecule has 2 aliphatic rings. The van der Waals surface area contributed by atoms with Gasteiger partial charge in [-0.05, 0) is 37.4 Å². The number of benzene rings is 1. The number of hydrogen-bond acceptors (Lipinski definition) is 4. The Morgan fingerprint density at radius 2 is 2.35 bits per heavy atom. The van der Waals surface area contributed by atoms with Crippen molar-refractivity contribution < 1.29 is 9.53 Å². The van der Waals surface area contributed by atoms with E-state index in [4.69, 9.17) is 10.5 Å². The Balaban J connectivity index is 1.83. The molecule has 1 aromatic carbocycles. The first-order valence-corrected chi connectivity index (χ1v) is 7.13. The molecule has 0 bridgehead atoms. The van der Waals surface area contributed by atoms with Crippen LogP contribution in [-0.4, -0.2) is 43.2 Å². The summed E-state index contributed by atoms with van der Waals surface area (Å²) < 4.78 is 5.28. The summed E-state index contributed by atoms with van der Waals surface area (Å²) in [6.07, 6.45) is 2.95. The number of para-hydroxylation sites is 1. The van der Waals surface area contributed by atoms with Crippen LogP contribution < -0.4 is 11.1 Å². The van der Waals surface area contributed by atoms with Crippen molar-refractivity contribution in [3.8, 4) is 0 Å². The predicted octanol–water partition coefficient (Wildman–Crippen LogP) is 1.24. The lowest BCUT2D eigenvalue weighted by molar-refractivity contribution is -0.122. The molecule has 2 heterocycles. The SMILES string of the molecule is COC[C@@H]1CCCN1C1Cc2cccc(N)c2NC1=O. The number of methoxy groups -OCH3 is 1. The van der Waals surface area contributed by atoms with Crippen molar-refractivity contribution >= 4 is 17.3 Å². The van der Waals surface area contributed by atoms with E-state index in [1.54, 1.807) is 7.11 Å². The number of rotatable bonds is 3. The molecular formula is C15H21N3O2. The van der Waals surface area contributed by atoms with Crippen LogP contribution >= 0.6 is 0 Å². The summed E-state index contributed by atoms with van der Waals surface area (Å²) in [7, 11) is 1.72. The van der Waals surface area contributed by atoms with Gasteiger partial charge in [-0.15, -0.1) is 0 Å². The van der Waals surface area contributed by atoms with Crippen molar-refractivity contribution in [2.75, 3.05) is 31.3 Å². The summed E-state index contributed by atoms with van der Waals surface area (Å²) >= 11 is 0. The van der Waals surface area contributed by atoms with Gasteiger partial charge in [-0.2, -0.15) is 0 Å². The Hall–Kier alpha value is -1.59. The Bertz CT molecular complexity index is 518. The number of carbonyl (C=O) groups is 1. The Morgan fingerprint density at radius 1 is 1.50 bits per heavy atom. The van der Waals surface area contributed by atoms with E-state index >= 15 is 0 Å². The van der Waals surface area contributed by atoms with E-state index in [2.05, 4.69) is 10.2 Å². The van der Waals surface area contributed by atoms with Crippen molar-refractivity contribution in [3.05, 3.63) is 23.8 Å². The van der Waals surface area contributed by atoms with Crippen LogP contribution in [0.4, 0.5) is 11.4 Å². The lowest BCUT2D eigenvalue weighted by Crippen LogP contribution is -2.51. The lowest BCUT2D eigenvalue weighted by Gasteiger charge is -2.35. The number of anilines is 2. The molecule has 5 heteroatoms. The van der Waals surface area contributed by atoms with Crippen LogP contribution in [0, 0.1) is 0 Å². The smallest absolute Gasteiger partial charge is 0.242 e. The number of nitrogens with zero attached hydrogens (tertiary/aromatic N) is 1. The molecule has 0 aliphatic carbocycles. The highest BCUT2D eigenvalue weighted by atomic mass is 16.5. The van der Waals surface area contributed by atoms with Crippen LogP contribution in [0.15, 0.2) is 18.2 Å². The first-order chi connectivity index (χ1) is 9.70. The third-order valence-electron chi connectivity index (χ3n) is 4.33. The Labute approximate surface area is 119 Å². The molecule has 1 fully saturated rings. The van der Waals surface area contributed by atoms with E-state index in [0.29, 0.717) is 18.3 Å². The molecule has 3 rings (SSSR count). The molecule has 1 saturated heterocycles. The third-order valence-corrected chi connectivity index (χ3v) is 4.33. The first kappa shape index (κ1) is 13.4. The van der Waals surface area contributed by atoms with E-state index < -0.39 is 0 Å². The first-order valence-electron chi connectivity index (χ1n) is 7.13. The molecule has 3 N–H and O–H groups in total. The Morgan fingerprint density at radius 3 is 3.15 bits per heavy atom. The topological polar surface area (TPSA) is 67.6 Å². The molecule has 108 valence electrons. The average Bonchev–Trinajstić information content (AvgIpc) is 2.88. The van der Waals surface area contributed by atoms with Gasteiger partial charge in [-0.3, -0.25) is 9.69 Å². The molecule has 2 atom stereocenters. The summed E-state index contributed by atoms with van der Waals surface area (Å²) in [6.45, 7) is 1.65. The van der Waals surface area contributed by atoms with Gasteiger partial charge in [0.15, 0.2) is 0 Å². The van der Waals surface area contributed by atoms with Crippen LogP contribution in [0.2, 0.25) is 0 Å². The van der Waals surface area contributed by atoms with E-state index in [-0.39, 0.29) is 11.9 Å². The van der Waals surface area contributed by atoms with E-state index in [9.17, 15) is 4.79 Å². The van der Waals surface area contributed by atoms with Gasteiger partial charge in [-0.1, -0.05) is 12.1 Å². The average molecular weight is 275 g/mol. The molecule has 0 spiro atoms. The zero-order valence-corrected chi connectivity index (χ0v) is 11.8. The normalized spacial score (nSPS) is 26.4. The summed E-state index contributed by atoms with van der Waals surface area (Å²) in [4.78, 5) is 14.7.